The quantitative estimate of drug-likeness (QED) is 0.749. The van der Waals surface area contributed by atoms with E-state index in [0.29, 0.717) is 5.56 Å². The average molecular weight is 222 g/mol. The second kappa shape index (κ2) is 3.79. The van der Waals surface area contributed by atoms with Gasteiger partial charge in [-0.3, -0.25) is 9.48 Å². The maximum absolute atomic E-state index is 11.8. The molecule has 0 aliphatic rings. The number of hydrogen-bond donors (Lipinski definition) is 2. The van der Waals surface area contributed by atoms with Crippen molar-refractivity contribution in [1.82, 2.24) is 15.1 Å². The number of nitrogens with one attached hydrogen (secondary N) is 1. The van der Waals surface area contributed by atoms with E-state index in [0.717, 1.165) is 0 Å². The Labute approximate surface area is 83.0 Å². The van der Waals surface area contributed by atoms with E-state index >= 15 is 0 Å². The summed E-state index contributed by atoms with van der Waals surface area (Å²) in [6.07, 6.45) is -3.58. The largest absolute Gasteiger partial charge is 0.471 e. The third kappa shape index (κ3) is 2.61. The fourth-order valence-electron chi connectivity index (χ4n) is 0.904. The second-order valence-electron chi connectivity index (χ2n) is 2.86. The fourth-order valence-corrected chi connectivity index (χ4v) is 0.904. The fraction of sp³-hybridized carbons (Fsp3) is 0.429. The number of anilines is 1. The van der Waals surface area contributed by atoms with Gasteiger partial charge in [0.05, 0.1) is 6.20 Å². The summed E-state index contributed by atoms with van der Waals surface area (Å²) in [6, 6.07) is 0. The summed E-state index contributed by atoms with van der Waals surface area (Å²) in [7, 11) is 1.55. The Bertz CT molecular complexity index is 371. The highest BCUT2D eigenvalue weighted by Gasteiger charge is 2.38. The van der Waals surface area contributed by atoms with Gasteiger partial charge in [0.2, 0.25) is 0 Å². The Hall–Kier alpha value is -1.73. The Morgan fingerprint density at radius 2 is 2.27 bits per heavy atom. The van der Waals surface area contributed by atoms with Crippen LogP contribution in [0.15, 0.2) is 6.20 Å². The van der Waals surface area contributed by atoms with Gasteiger partial charge in [-0.2, -0.15) is 18.3 Å². The van der Waals surface area contributed by atoms with Crippen molar-refractivity contribution in [2.75, 3.05) is 5.73 Å². The minimum atomic E-state index is -4.88. The van der Waals surface area contributed by atoms with Gasteiger partial charge in [0.15, 0.2) is 0 Å². The highest BCUT2D eigenvalue weighted by atomic mass is 19.4. The van der Waals surface area contributed by atoms with Gasteiger partial charge >= 0.3 is 12.1 Å². The van der Waals surface area contributed by atoms with Crippen molar-refractivity contribution in [3.63, 3.8) is 0 Å². The molecule has 84 valence electrons. The number of carbonyl (C=O) groups excluding carboxylic acids is 1. The van der Waals surface area contributed by atoms with Gasteiger partial charge in [-0.1, -0.05) is 0 Å². The Morgan fingerprint density at radius 3 is 2.67 bits per heavy atom. The molecule has 0 aliphatic carbocycles. The van der Waals surface area contributed by atoms with E-state index in [-0.39, 0.29) is 12.4 Å². The first-order chi connectivity index (χ1) is 6.82. The van der Waals surface area contributed by atoms with Gasteiger partial charge in [0.25, 0.3) is 0 Å². The van der Waals surface area contributed by atoms with Crippen LogP contribution in [-0.2, 0) is 18.4 Å². The SMILES string of the molecule is Cn1ncc(CNC(=O)C(F)(F)F)c1N. The first-order valence-corrected chi connectivity index (χ1v) is 3.93. The standard InChI is InChI=1S/C7H9F3N4O/c1-14-5(11)4(3-13-14)2-12-6(15)7(8,9)10/h3H,2,11H2,1H3,(H,12,15). The van der Waals surface area contributed by atoms with Gasteiger partial charge in [-0.25, -0.2) is 0 Å². The van der Waals surface area contributed by atoms with E-state index in [9.17, 15) is 18.0 Å². The lowest BCUT2D eigenvalue weighted by molar-refractivity contribution is -0.173. The molecule has 0 saturated heterocycles. The highest BCUT2D eigenvalue weighted by Crippen LogP contribution is 2.15. The predicted octanol–water partition coefficient (Wildman–Crippen LogP) is 0.181. The number of amides is 1. The lowest BCUT2D eigenvalue weighted by atomic mass is 10.3. The first kappa shape index (κ1) is 11.3. The Morgan fingerprint density at radius 1 is 1.67 bits per heavy atom. The Kier molecular flexibility index (Phi) is 2.87. The van der Waals surface area contributed by atoms with Crippen molar-refractivity contribution < 1.29 is 18.0 Å². The van der Waals surface area contributed by atoms with Crippen molar-refractivity contribution >= 4 is 11.7 Å². The van der Waals surface area contributed by atoms with E-state index in [1.807, 2.05) is 0 Å². The van der Waals surface area contributed by atoms with Crippen LogP contribution in [0.3, 0.4) is 0 Å². The van der Waals surface area contributed by atoms with E-state index in [2.05, 4.69) is 5.10 Å². The molecular formula is C7H9F3N4O. The molecule has 1 heterocycles. The molecule has 0 fully saturated rings. The second-order valence-corrected chi connectivity index (χ2v) is 2.86. The Balaban J connectivity index is 2.59. The molecule has 15 heavy (non-hydrogen) atoms. The predicted molar refractivity (Wildman–Crippen MR) is 45.5 cm³/mol. The van der Waals surface area contributed by atoms with Crippen LogP contribution in [0.1, 0.15) is 5.56 Å². The number of carbonyl (C=O) groups is 1. The molecule has 5 nitrogen and oxygen atoms in total. The summed E-state index contributed by atoms with van der Waals surface area (Å²) >= 11 is 0. The molecule has 0 radical (unpaired) electrons. The average Bonchev–Trinajstić information content (AvgIpc) is 2.43. The minimum Gasteiger partial charge on any atom is -0.384 e. The van der Waals surface area contributed by atoms with E-state index in [1.165, 1.54) is 10.9 Å². The number of nitrogens with zero attached hydrogens (tertiary/aromatic N) is 2. The molecule has 1 aromatic heterocycles. The molecular weight excluding hydrogens is 213 g/mol. The molecule has 0 bridgehead atoms. The summed E-state index contributed by atoms with van der Waals surface area (Å²) in [5, 5.41) is 5.41. The maximum atomic E-state index is 11.8. The number of aryl methyl sites for hydroxylation is 1. The number of hydrogen-bond acceptors (Lipinski definition) is 3. The first-order valence-electron chi connectivity index (χ1n) is 3.93. The van der Waals surface area contributed by atoms with Crippen molar-refractivity contribution in [1.29, 1.82) is 0 Å². The number of halogens is 3. The molecule has 1 rings (SSSR count). The van der Waals surface area contributed by atoms with Crippen molar-refractivity contribution in [2.24, 2.45) is 7.05 Å². The van der Waals surface area contributed by atoms with Crippen LogP contribution in [0.4, 0.5) is 19.0 Å². The summed E-state index contributed by atoms with van der Waals surface area (Å²) in [5.41, 5.74) is 5.81. The molecule has 1 amide bonds. The number of rotatable bonds is 2. The third-order valence-electron chi connectivity index (χ3n) is 1.76. The molecule has 8 heteroatoms. The van der Waals surface area contributed by atoms with Crippen molar-refractivity contribution in [3.05, 3.63) is 11.8 Å². The number of aromatic nitrogens is 2. The van der Waals surface area contributed by atoms with Crippen LogP contribution in [0.5, 0.6) is 0 Å². The third-order valence-corrected chi connectivity index (χ3v) is 1.76. The van der Waals surface area contributed by atoms with Gasteiger partial charge in [-0.15, -0.1) is 0 Å². The van der Waals surface area contributed by atoms with E-state index < -0.39 is 12.1 Å². The zero-order valence-electron chi connectivity index (χ0n) is 7.80. The van der Waals surface area contributed by atoms with Crippen molar-refractivity contribution in [3.8, 4) is 0 Å². The van der Waals surface area contributed by atoms with Crippen LogP contribution in [0.25, 0.3) is 0 Å². The maximum Gasteiger partial charge on any atom is 0.471 e. The van der Waals surface area contributed by atoms with Crippen LogP contribution in [0, 0.1) is 0 Å². The lowest BCUT2D eigenvalue weighted by Gasteiger charge is -2.06. The van der Waals surface area contributed by atoms with Gasteiger partial charge in [-0.05, 0) is 0 Å². The molecule has 3 N–H and O–H groups in total. The topological polar surface area (TPSA) is 72.9 Å². The monoisotopic (exact) mass is 222 g/mol. The number of nitrogen functional groups attached to an aromatic ring is 1. The molecule has 0 saturated carbocycles. The normalized spacial score (nSPS) is 11.5. The number of nitrogens with two attached hydrogens (primary N) is 1. The summed E-state index contributed by atoms with van der Waals surface area (Å²) < 4.78 is 36.7. The molecule has 0 aromatic carbocycles. The number of alkyl halides is 3. The van der Waals surface area contributed by atoms with E-state index in [1.54, 1.807) is 12.4 Å². The lowest BCUT2D eigenvalue weighted by Crippen LogP contribution is -2.36. The molecule has 0 unspecified atom stereocenters. The van der Waals surface area contributed by atoms with Gasteiger partial charge in [0, 0.05) is 19.2 Å². The summed E-state index contributed by atoms with van der Waals surface area (Å²) in [4.78, 5) is 10.5. The summed E-state index contributed by atoms with van der Waals surface area (Å²) in [5.74, 6) is -1.77. The minimum absolute atomic E-state index is 0.220. The zero-order chi connectivity index (χ0) is 11.6. The molecule has 1 aromatic rings. The summed E-state index contributed by atoms with van der Waals surface area (Å²) in [6.45, 7) is -0.294. The van der Waals surface area contributed by atoms with E-state index in [4.69, 9.17) is 5.73 Å². The smallest absolute Gasteiger partial charge is 0.384 e. The van der Waals surface area contributed by atoms with Crippen LogP contribution < -0.4 is 11.1 Å². The van der Waals surface area contributed by atoms with Crippen LogP contribution in [-0.4, -0.2) is 21.9 Å². The zero-order valence-corrected chi connectivity index (χ0v) is 7.80. The highest BCUT2D eigenvalue weighted by molar-refractivity contribution is 5.81. The molecule has 0 spiro atoms. The molecule has 0 aliphatic heterocycles. The van der Waals surface area contributed by atoms with Crippen LogP contribution in [0.2, 0.25) is 0 Å². The van der Waals surface area contributed by atoms with Crippen molar-refractivity contribution in [2.45, 2.75) is 12.7 Å². The van der Waals surface area contributed by atoms with Gasteiger partial charge in [0.1, 0.15) is 5.82 Å². The van der Waals surface area contributed by atoms with Crippen LogP contribution >= 0.6 is 0 Å². The molecule has 0 atom stereocenters. The van der Waals surface area contributed by atoms with Gasteiger partial charge < -0.3 is 11.1 Å².